The molecule has 0 radical (unpaired) electrons. The minimum atomic E-state index is -0.537. The van der Waals surface area contributed by atoms with Crippen LogP contribution in [0.5, 0.6) is 0 Å². The fourth-order valence-corrected chi connectivity index (χ4v) is 4.39. The Kier molecular flexibility index (Phi) is 5.81. The van der Waals surface area contributed by atoms with E-state index in [2.05, 4.69) is 16.4 Å². The van der Waals surface area contributed by atoms with Gasteiger partial charge in [0.1, 0.15) is 12.6 Å². The maximum absolute atomic E-state index is 13.1. The highest BCUT2D eigenvalue weighted by atomic mass is 16.6. The zero-order chi connectivity index (χ0) is 22.6. The molecule has 0 bridgehead atoms. The second-order valence-corrected chi connectivity index (χ2v) is 8.21. The Labute approximate surface area is 192 Å². The molecule has 2 N–H and O–H groups in total. The normalized spacial score (nSPS) is 15.5. The molecule has 0 unspecified atom stereocenters. The topological polar surface area (TPSA) is 74.4 Å². The molecule has 2 amide bonds. The average molecular weight is 440 g/mol. The van der Waals surface area contributed by atoms with Gasteiger partial charge in [-0.25, -0.2) is 4.79 Å². The van der Waals surface area contributed by atoms with Crippen molar-refractivity contribution in [3.05, 3.63) is 90.6 Å². The lowest BCUT2D eigenvalue weighted by Gasteiger charge is -2.23. The third kappa shape index (κ3) is 4.46. The number of aromatic amines is 1. The number of amides is 2. The van der Waals surface area contributed by atoms with Crippen molar-refractivity contribution in [2.75, 3.05) is 11.9 Å². The van der Waals surface area contributed by atoms with Gasteiger partial charge in [-0.2, -0.15) is 0 Å². The standard InChI is InChI=1S/C27H25N3O3/c31-26(25-13-6-16-30(25)27(32)33-18-19-7-2-1-3-8-19)29-21-10-4-9-20(17-21)22-11-5-12-24-23(22)14-15-28-24/h1-5,7-12,14-15,17,25,28H,6,13,16,18H2,(H,29,31)/t25-/m0/s1. The Morgan fingerprint density at radius 2 is 1.85 bits per heavy atom. The number of nitrogens with zero attached hydrogens (tertiary/aromatic N) is 1. The largest absolute Gasteiger partial charge is 0.445 e. The van der Waals surface area contributed by atoms with Gasteiger partial charge in [-0.05, 0) is 53.8 Å². The number of H-pyrrole nitrogens is 1. The van der Waals surface area contributed by atoms with E-state index in [-0.39, 0.29) is 12.5 Å². The molecule has 166 valence electrons. The molecule has 1 aromatic heterocycles. The zero-order valence-corrected chi connectivity index (χ0v) is 18.2. The van der Waals surface area contributed by atoms with E-state index in [1.54, 1.807) is 0 Å². The first-order valence-corrected chi connectivity index (χ1v) is 11.1. The molecular weight excluding hydrogens is 414 g/mol. The van der Waals surface area contributed by atoms with Gasteiger partial charge >= 0.3 is 6.09 Å². The van der Waals surface area contributed by atoms with E-state index in [9.17, 15) is 9.59 Å². The van der Waals surface area contributed by atoms with Crippen LogP contribution in [0.25, 0.3) is 22.0 Å². The molecule has 0 spiro atoms. The van der Waals surface area contributed by atoms with Gasteiger partial charge in [0.25, 0.3) is 0 Å². The summed E-state index contributed by atoms with van der Waals surface area (Å²) in [4.78, 5) is 30.5. The van der Waals surface area contributed by atoms with Crippen molar-refractivity contribution in [1.82, 2.24) is 9.88 Å². The summed E-state index contributed by atoms with van der Waals surface area (Å²) in [5, 5.41) is 4.13. The molecule has 6 nitrogen and oxygen atoms in total. The summed E-state index contributed by atoms with van der Waals surface area (Å²) in [5.74, 6) is -0.193. The highest BCUT2D eigenvalue weighted by molar-refractivity contribution is 5.99. The maximum atomic E-state index is 13.1. The molecule has 2 heterocycles. The predicted octanol–water partition coefficient (Wildman–Crippen LogP) is 5.57. The van der Waals surface area contributed by atoms with Crippen LogP contribution >= 0.6 is 0 Å². The van der Waals surface area contributed by atoms with Gasteiger partial charge in [-0.15, -0.1) is 0 Å². The van der Waals surface area contributed by atoms with Crippen molar-refractivity contribution >= 4 is 28.6 Å². The molecule has 1 saturated heterocycles. The van der Waals surface area contributed by atoms with E-state index in [4.69, 9.17) is 4.74 Å². The van der Waals surface area contributed by atoms with Crippen LogP contribution < -0.4 is 5.32 Å². The van der Waals surface area contributed by atoms with Gasteiger partial charge in [0.15, 0.2) is 0 Å². The molecule has 1 fully saturated rings. The lowest BCUT2D eigenvalue weighted by Crippen LogP contribution is -2.43. The summed E-state index contributed by atoms with van der Waals surface area (Å²) in [6.07, 6.45) is 2.86. The third-order valence-electron chi connectivity index (χ3n) is 6.03. The van der Waals surface area contributed by atoms with E-state index in [1.807, 2.05) is 79.0 Å². The lowest BCUT2D eigenvalue weighted by molar-refractivity contribution is -0.120. The molecule has 0 aliphatic carbocycles. The molecule has 1 aliphatic heterocycles. The van der Waals surface area contributed by atoms with Gasteiger partial charge in [0, 0.05) is 29.3 Å². The number of anilines is 1. The first-order chi connectivity index (χ1) is 16.2. The van der Waals surface area contributed by atoms with Crippen LogP contribution in [0.2, 0.25) is 0 Å². The first-order valence-electron chi connectivity index (χ1n) is 11.1. The maximum Gasteiger partial charge on any atom is 0.410 e. The summed E-state index contributed by atoms with van der Waals surface area (Å²) >= 11 is 0. The second kappa shape index (κ2) is 9.20. The zero-order valence-electron chi connectivity index (χ0n) is 18.2. The Morgan fingerprint density at radius 3 is 2.73 bits per heavy atom. The number of carbonyl (C=O) groups excluding carboxylic acids is 2. The number of carbonyl (C=O) groups is 2. The average Bonchev–Trinajstić information content (AvgIpc) is 3.53. The molecule has 5 rings (SSSR count). The summed E-state index contributed by atoms with van der Waals surface area (Å²) < 4.78 is 5.46. The molecular formula is C27H25N3O3. The number of ether oxygens (including phenoxy) is 1. The molecule has 0 saturated carbocycles. The van der Waals surface area contributed by atoms with E-state index in [0.29, 0.717) is 18.7 Å². The van der Waals surface area contributed by atoms with Crippen LogP contribution in [0.1, 0.15) is 18.4 Å². The molecule has 1 aliphatic rings. The number of benzene rings is 3. The molecule has 1 atom stereocenters. The van der Waals surface area contributed by atoms with Crippen molar-refractivity contribution in [2.24, 2.45) is 0 Å². The van der Waals surface area contributed by atoms with Crippen LogP contribution in [0.15, 0.2) is 85.1 Å². The number of hydrogen-bond acceptors (Lipinski definition) is 3. The van der Waals surface area contributed by atoms with Gasteiger partial charge in [-0.3, -0.25) is 9.69 Å². The van der Waals surface area contributed by atoms with E-state index in [0.717, 1.165) is 34.0 Å². The van der Waals surface area contributed by atoms with Crippen molar-refractivity contribution < 1.29 is 14.3 Å². The van der Waals surface area contributed by atoms with Crippen LogP contribution in [-0.4, -0.2) is 34.5 Å². The van der Waals surface area contributed by atoms with Gasteiger partial charge in [-0.1, -0.05) is 54.6 Å². The SMILES string of the molecule is O=C(Nc1cccc(-c2cccc3[nH]ccc23)c1)[C@@H]1CCCN1C(=O)OCc1ccccc1. The monoisotopic (exact) mass is 439 g/mol. The first kappa shape index (κ1) is 20.8. The number of fused-ring (bicyclic) bond motifs is 1. The second-order valence-electron chi connectivity index (χ2n) is 8.21. The molecule has 4 aromatic rings. The van der Waals surface area contributed by atoms with E-state index < -0.39 is 12.1 Å². The highest BCUT2D eigenvalue weighted by Crippen LogP contribution is 2.30. The van der Waals surface area contributed by atoms with Crippen molar-refractivity contribution in [1.29, 1.82) is 0 Å². The Bertz CT molecular complexity index is 1280. The van der Waals surface area contributed by atoms with Crippen molar-refractivity contribution in [3.8, 4) is 11.1 Å². The summed E-state index contributed by atoms with van der Waals surface area (Å²) in [6.45, 7) is 0.707. The molecule has 6 heteroatoms. The summed E-state index contributed by atoms with van der Waals surface area (Å²) in [6, 6.07) is 24.9. The van der Waals surface area contributed by atoms with Gasteiger partial charge in [0.05, 0.1) is 0 Å². The fraction of sp³-hybridized carbons (Fsp3) is 0.185. The highest BCUT2D eigenvalue weighted by Gasteiger charge is 2.35. The minimum absolute atomic E-state index is 0.192. The number of rotatable bonds is 5. The number of aromatic nitrogens is 1. The lowest BCUT2D eigenvalue weighted by atomic mass is 10.0. The molecule has 33 heavy (non-hydrogen) atoms. The number of nitrogens with one attached hydrogen (secondary N) is 2. The Balaban J connectivity index is 1.27. The smallest absolute Gasteiger partial charge is 0.410 e. The van der Waals surface area contributed by atoms with Gasteiger partial charge < -0.3 is 15.0 Å². The van der Waals surface area contributed by atoms with Crippen LogP contribution in [0.4, 0.5) is 10.5 Å². The van der Waals surface area contributed by atoms with Crippen molar-refractivity contribution in [3.63, 3.8) is 0 Å². The fourth-order valence-electron chi connectivity index (χ4n) is 4.39. The molecule has 3 aromatic carbocycles. The van der Waals surface area contributed by atoms with Crippen molar-refractivity contribution in [2.45, 2.75) is 25.5 Å². The Hall–Kier alpha value is -4.06. The number of hydrogen-bond donors (Lipinski definition) is 2. The minimum Gasteiger partial charge on any atom is -0.445 e. The van der Waals surface area contributed by atoms with Crippen LogP contribution in [-0.2, 0) is 16.1 Å². The summed E-state index contributed by atoms with van der Waals surface area (Å²) in [5.41, 5.74) is 4.80. The van der Waals surface area contributed by atoms with E-state index in [1.165, 1.54) is 4.90 Å². The number of likely N-dealkylation sites (tertiary alicyclic amines) is 1. The van der Waals surface area contributed by atoms with E-state index >= 15 is 0 Å². The third-order valence-corrected chi connectivity index (χ3v) is 6.03. The quantitative estimate of drug-likeness (QED) is 0.427. The van der Waals surface area contributed by atoms with Crippen LogP contribution in [0, 0.1) is 0 Å². The van der Waals surface area contributed by atoms with Gasteiger partial charge in [0.2, 0.25) is 5.91 Å². The Morgan fingerprint density at radius 1 is 1.00 bits per heavy atom. The van der Waals surface area contributed by atoms with Crippen LogP contribution in [0.3, 0.4) is 0 Å². The predicted molar refractivity (Wildman–Crippen MR) is 129 cm³/mol. The summed E-state index contributed by atoms with van der Waals surface area (Å²) in [7, 11) is 0.